The Balaban J connectivity index is 2.04. The highest BCUT2D eigenvalue weighted by atomic mass is 35.5. The lowest BCUT2D eigenvalue weighted by Gasteiger charge is -2.16. The number of nitrogens with one attached hydrogen (secondary N) is 2. The van der Waals surface area contributed by atoms with E-state index in [0.717, 1.165) is 11.3 Å². The summed E-state index contributed by atoms with van der Waals surface area (Å²) < 4.78 is 7.32. The molecule has 0 atom stereocenters. The molecule has 1 aromatic carbocycles. The number of ether oxygens (including phenoxy) is 1. The molecule has 27 heavy (non-hydrogen) atoms. The molecule has 140 valence electrons. The molecule has 3 rings (SSSR count). The van der Waals surface area contributed by atoms with Gasteiger partial charge in [-0.2, -0.15) is 5.10 Å². The van der Waals surface area contributed by atoms with Crippen LogP contribution in [0.1, 0.15) is 10.4 Å². The molecule has 2 heterocycles. The molecule has 0 aliphatic rings. The van der Waals surface area contributed by atoms with E-state index < -0.39 is 5.91 Å². The number of benzene rings is 1. The highest BCUT2D eigenvalue weighted by molar-refractivity contribution is 6.29. The summed E-state index contributed by atoms with van der Waals surface area (Å²) in [6.07, 6.45) is 3.22. The minimum atomic E-state index is -0.455. The number of pyridine rings is 1. The molecule has 1 amide bonds. The van der Waals surface area contributed by atoms with Gasteiger partial charge in [-0.05, 0) is 24.3 Å². The van der Waals surface area contributed by atoms with Gasteiger partial charge in [-0.15, -0.1) is 0 Å². The molecule has 0 radical (unpaired) electrons. The van der Waals surface area contributed by atoms with E-state index in [1.807, 2.05) is 37.5 Å². The molecule has 0 unspecified atom stereocenters. The van der Waals surface area contributed by atoms with Crippen molar-refractivity contribution >= 4 is 28.9 Å². The predicted molar refractivity (Wildman–Crippen MR) is 102 cm³/mol. The van der Waals surface area contributed by atoms with Crippen molar-refractivity contribution in [3.63, 3.8) is 0 Å². The highest BCUT2D eigenvalue weighted by Crippen LogP contribution is 2.37. The second-order valence-electron chi connectivity index (χ2n) is 5.57. The summed E-state index contributed by atoms with van der Waals surface area (Å²) in [5.74, 6) is 0.131. The van der Waals surface area contributed by atoms with Crippen molar-refractivity contribution in [2.45, 2.75) is 0 Å². The van der Waals surface area contributed by atoms with Gasteiger partial charge >= 0.3 is 0 Å². The average Bonchev–Trinajstić information content (AvgIpc) is 3.08. The van der Waals surface area contributed by atoms with Crippen LogP contribution in [-0.2, 0) is 11.9 Å². The van der Waals surface area contributed by atoms with Gasteiger partial charge in [0, 0.05) is 25.0 Å². The molecular formula is C18H18ClN5O3. The zero-order valence-corrected chi connectivity index (χ0v) is 15.7. The van der Waals surface area contributed by atoms with Crippen molar-refractivity contribution in [3.05, 3.63) is 53.4 Å². The minimum absolute atomic E-state index is 0.242. The van der Waals surface area contributed by atoms with Gasteiger partial charge in [0.1, 0.15) is 5.15 Å². The third-order valence-electron chi connectivity index (χ3n) is 3.79. The van der Waals surface area contributed by atoms with E-state index >= 15 is 0 Å². The molecule has 0 aliphatic carbocycles. The third-order valence-corrected chi connectivity index (χ3v) is 3.99. The molecule has 0 bridgehead atoms. The second-order valence-corrected chi connectivity index (χ2v) is 5.96. The van der Waals surface area contributed by atoms with Crippen LogP contribution in [0.15, 0.2) is 42.7 Å². The number of para-hydroxylation sites is 1. The lowest BCUT2D eigenvalue weighted by Crippen LogP contribution is -2.23. The van der Waals surface area contributed by atoms with Crippen LogP contribution in [0.5, 0.6) is 5.75 Å². The summed E-state index contributed by atoms with van der Waals surface area (Å²) in [6, 6.07) is 9.05. The lowest BCUT2D eigenvalue weighted by atomic mass is 10.1. The Morgan fingerprint density at radius 3 is 2.70 bits per heavy atom. The zero-order chi connectivity index (χ0) is 19.4. The number of hydroxylamine groups is 1. The average molecular weight is 388 g/mol. The number of carbonyl (C=O) groups excluding carboxylic acids is 1. The van der Waals surface area contributed by atoms with Gasteiger partial charge in [-0.3, -0.25) is 14.3 Å². The normalized spacial score (nSPS) is 10.5. The van der Waals surface area contributed by atoms with E-state index in [-0.39, 0.29) is 10.7 Å². The van der Waals surface area contributed by atoms with Crippen LogP contribution in [-0.4, -0.2) is 34.9 Å². The fourth-order valence-electron chi connectivity index (χ4n) is 2.62. The summed E-state index contributed by atoms with van der Waals surface area (Å²) in [6.45, 7) is 0. The van der Waals surface area contributed by atoms with E-state index in [4.69, 9.17) is 21.2 Å². The van der Waals surface area contributed by atoms with Gasteiger partial charge in [0.15, 0.2) is 5.75 Å². The van der Waals surface area contributed by atoms with Gasteiger partial charge in [0.2, 0.25) is 0 Å². The lowest BCUT2D eigenvalue weighted by molar-refractivity contribution is 0.0538. The van der Waals surface area contributed by atoms with Crippen LogP contribution < -0.4 is 15.5 Å². The van der Waals surface area contributed by atoms with E-state index in [1.165, 1.54) is 13.3 Å². The molecule has 8 nitrogen and oxygen atoms in total. The summed E-state index contributed by atoms with van der Waals surface area (Å²) in [5.41, 5.74) is 5.22. The van der Waals surface area contributed by atoms with Crippen molar-refractivity contribution in [3.8, 4) is 17.0 Å². The maximum absolute atomic E-state index is 12.2. The number of amides is 1. The molecule has 2 N–H and O–H groups in total. The number of aryl methyl sites for hydroxylation is 1. The Morgan fingerprint density at radius 2 is 2.04 bits per heavy atom. The number of methoxy groups -OCH3 is 1. The number of anilines is 2. The first-order valence-corrected chi connectivity index (χ1v) is 8.34. The van der Waals surface area contributed by atoms with Crippen molar-refractivity contribution in [2.75, 3.05) is 19.5 Å². The Morgan fingerprint density at radius 1 is 1.22 bits per heavy atom. The predicted octanol–water partition coefficient (Wildman–Crippen LogP) is 3.18. The van der Waals surface area contributed by atoms with Crippen LogP contribution >= 0.6 is 11.6 Å². The highest BCUT2D eigenvalue weighted by Gasteiger charge is 2.17. The fraction of sp³-hybridized carbons (Fsp3) is 0.167. The maximum atomic E-state index is 12.2. The summed E-state index contributed by atoms with van der Waals surface area (Å²) >= 11 is 6.01. The zero-order valence-electron chi connectivity index (χ0n) is 15.0. The third kappa shape index (κ3) is 4.02. The van der Waals surface area contributed by atoms with Crippen LogP contribution in [0.2, 0.25) is 5.15 Å². The Bertz CT molecular complexity index is 973. The standard InChI is InChI=1S/C18H18ClN5O3/c1-24-8-7-13(22-24)11-5-4-6-14(17(11)26-2)21-15-9-16(19)20-10-12(15)18(25)23-27-3/h4-10H,1-3H3,(H,20,21)(H,23,25). The first-order valence-electron chi connectivity index (χ1n) is 7.96. The first kappa shape index (κ1) is 18.7. The topological polar surface area (TPSA) is 90.3 Å². The molecule has 3 aromatic rings. The molecule has 9 heteroatoms. The SMILES string of the molecule is CONC(=O)c1cnc(Cl)cc1Nc1cccc(-c2ccn(C)n2)c1OC. The number of carbonyl (C=O) groups is 1. The molecule has 0 spiro atoms. The van der Waals surface area contributed by atoms with Gasteiger partial charge in [-0.25, -0.2) is 10.5 Å². The molecule has 0 saturated heterocycles. The van der Waals surface area contributed by atoms with Crippen LogP contribution in [0.25, 0.3) is 11.3 Å². The summed E-state index contributed by atoms with van der Waals surface area (Å²) in [7, 11) is 4.77. The van der Waals surface area contributed by atoms with Crippen molar-refractivity contribution in [1.82, 2.24) is 20.2 Å². The van der Waals surface area contributed by atoms with E-state index in [1.54, 1.807) is 17.9 Å². The van der Waals surface area contributed by atoms with Crippen LogP contribution in [0.3, 0.4) is 0 Å². The number of hydrogen-bond acceptors (Lipinski definition) is 6. The van der Waals surface area contributed by atoms with Gasteiger partial charge in [0.05, 0.1) is 36.9 Å². The molecule has 0 saturated carbocycles. The largest absolute Gasteiger partial charge is 0.494 e. The minimum Gasteiger partial charge on any atom is -0.494 e. The number of aromatic nitrogens is 3. The second kappa shape index (κ2) is 8.07. The van der Waals surface area contributed by atoms with Crippen LogP contribution in [0, 0.1) is 0 Å². The Labute approximate surface area is 161 Å². The quantitative estimate of drug-likeness (QED) is 0.498. The maximum Gasteiger partial charge on any atom is 0.278 e. The van der Waals surface area contributed by atoms with Crippen LogP contribution in [0.4, 0.5) is 11.4 Å². The Hall–Kier alpha value is -3.10. The molecule has 2 aromatic heterocycles. The summed E-state index contributed by atoms with van der Waals surface area (Å²) in [4.78, 5) is 20.9. The van der Waals surface area contributed by atoms with E-state index in [9.17, 15) is 4.79 Å². The monoisotopic (exact) mass is 387 g/mol. The van der Waals surface area contributed by atoms with E-state index in [2.05, 4.69) is 20.9 Å². The number of hydrogen-bond donors (Lipinski definition) is 2. The van der Waals surface area contributed by atoms with Gasteiger partial charge in [0.25, 0.3) is 5.91 Å². The number of rotatable bonds is 6. The molecular weight excluding hydrogens is 370 g/mol. The van der Waals surface area contributed by atoms with Gasteiger partial charge < -0.3 is 10.1 Å². The Kier molecular flexibility index (Phi) is 5.58. The molecule has 0 fully saturated rings. The number of halogens is 1. The number of nitrogens with zero attached hydrogens (tertiary/aromatic N) is 3. The van der Waals surface area contributed by atoms with Gasteiger partial charge in [-0.1, -0.05) is 17.7 Å². The van der Waals surface area contributed by atoms with Crippen molar-refractivity contribution in [1.29, 1.82) is 0 Å². The summed E-state index contributed by atoms with van der Waals surface area (Å²) in [5, 5.41) is 7.85. The van der Waals surface area contributed by atoms with Crippen molar-refractivity contribution < 1.29 is 14.4 Å². The first-order chi connectivity index (χ1) is 13.0. The van der Waals surface area contributed by atoms with E-state index in [0.29, 0.717) is 17.1 Å². The molecule has 0 aliphatic heterocycles. The van der Waals surface area contributed by atoms with Crippen molar-refractivity contribution in [2.24, 2.45) is 7.05 Å². The fourth-order valence-corrected chi connectivity index (χ4v) is 2.78. The smallest absolute Gasteiger partial charge is 0.278 e.